The Morgan fingerprint density at radius 1 is 0.966 bits per heavy atom. The van der Waals surface area contributed by atoms with Crippen LogP contribution in [0, 0.1) is 0 Å². The second-order valence-corrected chi connectivity index (χ2v) is 8.71. The summed E-state index contributed by atoms with van der Waals surface area (Å²) in [6.45, 7) is 8.12. The van der Waals surface area contributed by atoms with Gasteiger partial charge in [0, 0.05) is 27.1 Å². The van der Waals surface area contributed by atoms with Crippen LogP contribution >= 0.6 is 31.9 Å². The summed E-state index contributed by atoms with van der Waals surface area (Å²) >= 11 is 6.94. The fourth-order valence-electron chi connectivity index (χ4n) is 3.16. The van der Waals surface area contributed by atoms with Crippen LogP contribution in [0.2, 0.25) is 0 Å². The molecule has 2 aromatic rings. The highest BCUT2D eigenvalue weighted by molar-refractivity contribution is 9.12. The van der Waals surface area contributed by atoms with E-state index in [1.54, 1.807) is 0 Å². The molecule has 2 nitrogen and oxygen atoms in total. The minimum absolute atomic E-state index is 0.673. The summed E-state index contributed by atoms with van der Waals surface area (Å²) in [5.41, 5.74) is 5.83. The predicted molar refractivity (Wildman–Crippen MR) is 130 cm³/mol. The van der Waals surface area contributed by atoms with Gasteiger partial charge in [-0.15, -0.1) is 0 Å². The van der Waals surface area contributed by atoms with Gasteiger partial charge < -0.3 is 4.90 Å². The van der Waals surface area contributed by atoms with Crippen LogP contribution in [-0.2, 0) is 0 Å². The zero-order chi connectivity index (χ0) is 20.8. The molecule has 0 saturated heterocycles. The van der Waals surface area contributed by atoms with Gasteiger partial charge in [-0.05, 0) is 64.9 Å². The van der Waals surface area contributed by atoms with Crippen molar-refractivity contribution in [3.8, 4) is 11.1 Å². The molecule has 3 rings (SSSR count). The predicted octanol–water partition coefficient (Wildman–Crippen LogP) is 7.91. The second-order valence-electron chi connectivity index (χ2n) is 6.67. The Balaban J connectivity index is 1.96. The minimum atomic E-state index is 0.673. The lowest BCUT2D eigenvalue weighted by atomic mass is 10.0. The SMILES string of the molecule is C=C(Br)/C=C\C(=C)N(C1=CC=C(Br)CC1)c1ccc(-c2cccc(C=O)c2)cc1. The number of anilines is 1. The standard InChI is InChI=1S/C25H21Br2NO/c1-18(26)6-7-19(2)28(25-14-10-23(27)11-15-25)24-12-8-21(9-13-24)22-5-3-4-20(16-22)17-29/h3-10,12-14,16-17H,1-2,11,15H2/b7-6-. The number of rotatable bonds is 7. The number of nitrogens with zero attached hydrogens (tertiary/aromatic N) is 1. The van der Waals surface area contributed by atoms with Crippen LogP contribution in [0.1, 0.15) is 23.2 Å². The van der Waals surface area contributed by atoms with Gasteiger partial charge in [-0.25, -0.2) is 0 Å². The van der Waals surface area contributed by atoms with Crippen molar-refractivity contribution in [2.75, 3.05) is 4.90 Å². The van der Waals surface area contributed by atoms with E-state index in [4.69, 9.17) is 0 Å². The van der Waals surface area contributed by atoms with Crippen molar-refractivity contribution >= 4 is 43.8 Å². The van der Waals surface area contributed by atoms with Crippen LogP contribution in [0.15, 0.2) is 106 Å². The molecule has 146 valence electrons. The number of hydrogen-bond acceptors (Lipinski definition) is 2. The lowest BCUT2D eigenvalue weighted by Gasteiger charge is -2.29. The van der Waals surface area contributed by atoms with E-state index in [1.165, 1.54) is 10.2 Å². The van der Waals surface area contributed by atoms with Crippen molar-refractivity contribution < 1.29 is 4.79 Å². The molecule has 0 heterocycles. The van der Waals surface area contributed by atoms with Crippen LogP contribution < -0.4 is 4.90 Å². The molecular weight excluding hydrogens is 490 g/mol. The average Bonchev–Trinajstić information content (AvgIpc) is 2.74. The quantitative estimate of drug-likeness (QED) is 0.278. The highest BCUT2D eigenvalue weighted by atomic mass is 79.9. The van der Waals surface area contributed by atoms with Gasteiger partial charge in [-0.2, -0.15) is 0 Å². The highest BCUT2D eigenvalue weighted by Gasteiger charge is 2.16. The van der Waals surface area contributed by atoms with E-state index in [0.717, 1.165) is 46.1 Å². The van der Waals surface area contributed by atoms with E-state index in [9.17, 15) is 4.79 Å². The molecule has 0 amide bonds. The lowest BCUT2D eigenvalue weighted by Crippen LogP contribution is -2.21. The molecule has 4 heteroatoms. The van der Waals surface area contributed by atoms with Gasteiger partial charge in [0.05, 0.1) is 0 Å². The van der Waals surface area contributed by atoms with Crippen LogP contribution in [0.5, 0.6) is 0 Å². The van der Waals surface area contributed by atoms with Gasteiger partial charge in [0.2, 0.25) is 0 Å². The third kappa shape index (κ3) is 5.55. The molecule has 0 aliphatic heterocycles. The van der Waals surface area contributed by atoms with E-state index in [-0.39, 0.29) is 0 Å². The van der Waals surface area contributed by atoms with Gasteiger partial charge in [-0.3, -0.25) is 4.79 Å². The normalized spacial score (nSPS) is 13.6. The largest absolute Gasteiger partial charge is 0.315 e. The van der Waals surface area contributed by atoms with Crippen LogP contribution in [0.4, 0.5) is 5.69 Å². The first-order chi connectivity index (χ1) is 14.0. The maximum Gasteiger partial charge on any atom is 0.150 e. The van der Waals surface area contributed by atoms with E-state index in [2.05, 4.69) is 86.3 Å². The van der Waals surface area contributed by atoms with E-state index >= 15 is 0 Å². The van der Waals surface area contributed by atoms with Crippen molar-refractivity contribution in [2.45, 2.75) is 12.8 Å². The fraction of sp³-hybridized carbons (Fsp3) is 0.0800. The minimum Gasteiger partial charge on any atom is -0.315 e. The number of allylic oxidation sites excluding steroid dienone is 7. The maximum absolute atomic E-state index is 11.1. The summed E-state index contributed by atoms with van der Waals surface area (Å²) in [5, 5.41) is 0. The molecule has 1 aliphatic rings. The Morgan fingerprint density at radius 2 is 1.72 bits per heavy atom. The molecule has 0 N–H and O–H groups in total. The average molecular weight is 511 g/mol. The number of aldehydes is 1. The number of hydrogen-bond donors (Lipinski definition) is 0. The van der Waals surface area contributed by atoms with Gasteiger partial charge in [0.1, 0.15) is 6.29 Å². The number of halogens is 2. The molecule has 0 unspecified atom stereocenters. The molecule has 0 bridgehead atoms. The van der Waals surface area contributed by atoms with Gasteiger partial charge >= 0.3 is 0 Å². The summed E-state index contributed by atoms with van der Waals surface area (Å²) in [4.78, 5) is 13.2. The third-order valence-corrected chi connectivity index (χ3v) is 5.51. The molecule has 0 aromatic heterocycles. The van der Waals surface area contributed by atoms with Crippen LogP contribution in [0.3, 0.4) is 0 Å². The molecule has 2 aromatic carbocycles. The molecule has 0 spiro atoms. The fourth-order valence-corrected chi connectivity index (χ4v) is 3.62. The highest BCUT2D eigenvalue weighted by Crippen LogP contribution is 2.33. The first-order valence-corrected chi connectivity index (χ1v) is 10.8. The number of benzene rings is 2. The molecule has 0 fully saturated rings. The van der Waals surface area contributed by atoms with E-state index in [0.29, 0.717) is 5.56 Å². The van der Waals surface area contributed by atoms with Gasteiger partial charge in [0.25, 0.3) is 0 Å². The molecule has 0 atom stereocenters. The number of carbonyl (C=O) groups is 1. The molecule has 1 aliphatic carbocycles. The molecule has 0 saturated carbocycles. The maximum atomic E-state index is 11.1. The van der Waals surface area contributed by atoms with Crippen LogP contribution in [-0.4, -0.2) is 6.29 Å². The van der Waals surface area contributed by atoms with Crippen molar-refractivity contribution in [1.29, 1.82) is 0 Å². The Bertz CT molecular complexity index is 1030. The first kappa shape index (κ1) is 21.3. The van der Waals surface area contributed by atoms with E-state index < -0.39 is 0 Å². The summed E-state index contributed by atoms with van der Waals surface area (Å²) in [6, 6.07) is 15.9. The van der Waals surface area contributed by atoms with Crippen molar-refractivity contribution in [3.05, 3.63) is 112 Å². The zero-order valence-corrected chi connectivity index (χ0v) is 19.1. The Morgan fingerprint density at radius 3 is 2.34 bits per heavy atom. The zero-order valence-electron chi connectivity index (χ0n) is 15.9. The topological polar surface area (TPSA) is 20.3 Å². The summed E-state index contributed by atoms with van der Waals surface area (Å²) in [5.74, 6) is 0. The molecule has 0 radical (unpaired) electrons. The number of carbonyl (C=O) groups excluding carboxylic acids is 1. The van der Waals surface area contributed by atoms with Crippen molar-refractivity contribution in [2.24, 2.45) is 0 Å². The van der Waals surface area contributed by atoms with E-state index in [1.807, 2.05) is 36.4 Å². The van der Waals surface area contributed by atoms with Gasteiger partial charge in [0.15, 0.2) is 0 Å². The lowest BCUT2D eigenvalue weighted by molar-refractivity contribution is 0.112. The Labute approximate surface area is 188 Å². The summed E-state index contributed by atoms with van der Waals surface area (Å²) in [7, 11) is 0. The van der Waals surface area contributed by atoms with Crippen LogP contribution in [0.25, 0.3) is 11.1 Å². The monoisotopic (exact) mass is 509 g/mol. The second kappa shape index (κ2) is 9.86. The van der Waals surface area contributed by atoms with Crippen molar-refractivity contribution in [3.63, 3.8) is 0 Å². The first-order valence-electron chi connectivity index (χ1n) is 9.20. The Hall–Kier alpha value is -2.43. The summed E-state index contributed by atoms with van der Waals surface area (Å²) in [6.07, 6.45) is 10.8. The Kier molecular flexibility index (Phi) is 7.24. The van der Waals surface area contributed by atoms with Gasteiger partial charge in [-0.1, -0.05) is 81.4 Å². The smallest absolute Gasteiger partial charge is 0.150 e. The molecule has 29 heavy (non-hydrogen) atoms. The van der Waals surface area contributed by atoms with Crippen molar-refractivity contribution in [1.82, 2.24) is 0 Å². The summed E-state index contributed by atoms with van der Waals surface area (Å²) < 4.78 is 1.99. The third-order valence-electron chi connectivity index (χ3n) is 4.59. The molecular formula is C25H21Br2NO.